The Labute approximate surface area is 185 Å². The quantitative estimate of drug-likeness (QED) is 0.392. The summed E-state index contributed by atoms with van der Waals surface area (Å²) in [5.74, 6) is 0.556. The standard InChI is InChI=1S/C22H26FN7O2/c1-2-3-21(22-24-25-26-29(22)16-17-4-6-18(23)7-5-17)28-14-12-27(13-15-28)19-8-10-20(11-9-19)30(31)32/h4-11,21H,2-3,12-16H2,1H3/t21-/m0/s1. The Morgan fingerprint density at radius 1 is 1.06 bits per heavy atom. The minimum atomic E-state index is -0.382. The van der Waals surface area contributed by atoms with Gasteiger partial charge in [-0.3, -0.25) is 15.0 Å². The normalized spacial score (nSPS) is 15.6. The first-order chi connectivity index (χ1) is 15.5. The smallest absolute Gasteiger partial charge is 0.269 e. The number of hydrogen-bond acceptors (Lipinski definition) is 7. The maximum Gasteiger partial charge on any atom is 0.269 e. The van der Waals surface area contributed by atoms with Crippen LogP contribution in [0.4, 0.5) is 15.8 Å². The van der Waals surface area contributed by atoms with Crippen molar-refractivity contribution in [2.45, 2.75) is 32.4 Å². The maximum absolute atomic E-state index is 13.2. The average Bonchev–Trinajstić information content (AvgIpc) is 3.27. The highest BCUT2D eigenvalue weighted by molar-refractivity contribution is 5.51. The van der Waals surface area contributed by atoms with Gasteiger partial charge in [-0.1, -0.05) is 25.5 Å². The minimum Gasteiger partial charge on any atom is -0.369 e. The molecule has 0 radical (unpaired) electrons. The third kappa shape index (κ3) is 4.91. The SMILES string of the molecule is CCC[C@@H](c1nnnn1Cc1ccc(F)cc1)N1CCN(c2ccc([N+](=O)[O-])cc2)CC1. The van der Waals surface area contributed by atoms with E-state index in [1.165, 1.54) is 12.1 Å². The predicted octanol–water partition coefficient (Wildman–Crippen LogP) is 3.43. The second-order valence-corrected chi connectivity index (χ2v) is 7.92. The number of hydrogen-bond donors (Lipinski definition) is 0. The number of halogens is 1. The van der Waals surface area contributed by atoms with Crippen molar-refractivity contribution in [2.24, 2.45) is 0 Å². The molecule has 0 unspecified atom stereocenters. The zero-order chi connectivity index (χ0) is 22.5. The topological polar surface area (TPSA) is 93.2 Å². The number of tetrazole rings is 1. The van der Waals surface area contributed by atoms with Crippen LogP contribution in [-0.2, 0) is 6.54 Å². The largest absolute Gasteiger partial charge is 0.369 e. The van der Waals surface area contributed by atoms with Gasteiger partial charge in [0.25, 0.3) is 5.69 Å². The summed E-state index contributed by atoms with van der Waals surface area (Å²) >= 11 is 0. The molecule has 168 valence electrons. The van der Waals surface area contributed by atoms with Crippen molar-refractivity contribution < 1.29 is 9.31 Å². The van der Waals surface area contributed by atoms with Crippen molar-refractivity contribution >= 4 is 11.4 Å². The van der Waals surface area contributed by atoms with Crippen LogP contribution < -0.4 is 4.90 Å². The Morgan fingerprint density at radius 3 is 2.38 bits per heavy atom. The fourth-order valence-corrected chi connectivity index (χ4v) is 4.15. The summed E-state index contributed by atoms with van der Waals surface area (Å²) in [4.78, 5) is 15.1. The lowest BCUT2D eigenvalue weighted by atomic mass is 10.1. The van der Waals surface area contributed by atoms with E-state index < -0.39 is 0 Å². The Kier molecular flexibility index (Phi) is 6.69. The first-order valence-corrected chi connectivity index (χ1v) is 10.8. The Balaban J connectivity index is 1.45. The highest BCUT2D eigenvalue weighted by Gasteiger charge is 2.28. The molecule has 1 aromatic heterocycles. The lowest BCUT2D eigenvalue weighted by molar-refractivity contribution is -0.384. The predicted molar refractivity (Wildman–Crippen MR) is 118 cm³/mol. The summed E-state index contributed by atoms with van der Waals surface area (Å²) < 4.78 is 15.0. The fraction of sp³-hybridized carbons (Fsp3) is 0.409. The van der Waals surface area contributed by atoms with Crippen molar-refractivity contribution in [1.29, 1.82) is 0 Å². The molecule has 3 aromatic rings. The van der Waals surface area contributed by atoms with E-state index in [-0.39, 0.29) is 22.5 Å². The van der Waals surface area contributed by atoms with Crippen molar-refractivity contribution in [3.05, 3.63) is 75.9 Å². The maximum atomic E-state index is 13.2. The van der Waals surface area contributed by atoms with Crippen LogP contribution in [0.3, 0.4) is 0 Å². The number of piperazine rings is 1. The number of rotatable bonds is 8. The molecule has 10 heteroatoms. The van der Waals surface area contributed by atoms with E-state index in [1.54, 1.807) is 41.1 Å². The molecule has 0 saturated carbocycles. The molecular formula is C22H26FN7O2. The fourth-order valence-electron chi connectivity index (χ4n) is 4.15. The number of non-ortho nitro benzene ring substituents is 1. The van der Waals surface area contributed by atoms with Crippen molar-refractivity contribution in [3.63, 3.8) is 0 Å². The zero-order valence-electron chi connectivity index (χ0n) is 18.0. The number of nitrogens with zero attached hydrogens (tertiary/aromatic N) is 7. The molecule has 9 nitrogen and oxygen atoms in total. The number of aromatic nitrogens is 4. The van der Waals surface area contributed by atoms with Gasteiger partial charge in [0.05, 0.1) is 17.5 Å². The van der Waals surface area contributed by atoms with E-state index in [0.717, 1.165) is 56.1 Å². The zero-order valence-corrected chi connectivity index (χ0v) is 18.0. The van der Waals surface area contributed by atoms with Crippen molar-refractivity contribution in [3.8, 4) is 0 Å². The Hall–Kier alpha value is -3.40. The van der Waals surface area contributed by atoms with Gasteiger partial charge in [0.15, 0.2) is 5.82 Å². The van der Waals surface area contributed by atoms with Gasteiger partial charge in [-0.2, -0.15) is 0 Å². The van der Waals surface area contributed by atoms with Gasteiger partial charge in [0.2, 0.25) is 0 Å². The highest BCUT2D eigenvalue weighted by atomic mass is 19.1. The summed E-state index contributed by atoms with van der Waals surface area (Å²) in [6.07, 6.45) is 1.93. The van der Waals surface area contributed by atoms with E-state index in [0.29, 0.717) is 6.54 Å². The number of benzene rings is 2. The van der Waals surface area contributed by atoms with Crippen LogP contribution in [0.2, 0.25) is 0 Å². The van der Waals surface area contributed by atoms with Gasteiger partial charge in [-0.15, -0.1) is 5.10 Å². The van der Waals surface area contributed by atoms with E-state index in [9.17, 15) is 14.5 Å². The summed E-state index contributed by atoms with van der Waals surface area (Å²) in [5.41, 5.74) is 2.03. The monoisotopic (exact) mass is 439 g/mol. The number of anilines is 1. The van der Waals surface area contributed by atoms with E-state index in [2.05, 4.69) is 32.2 Å². The number of nitro benzene ring substituents is 1. The minimum absolute atomic E-state index is 0.0921. The summed E-state index contributed by atoms with van der Waals surface area (Å²) in [5, 5.41) is 23.3. The van der Waals surface area contributed by atoms with Crippen LogP contribution in [0.5, 0.6) is 0 Å². The first-order valence-electron chi connectivity index (χ1n) is 10.8. The molecule has 4 rings (SSSR count). The van der Waals surface area contributed by atoms with Crippen molar-refractivity contribution in [1.82, 2.24) is 25.1 Å². The van der Waals surface area contributed by atoms with Crippen LogP contribution in [0.1, 0.15) is 37.2 Å². The Morgan fingerprint density at radius 2 is 1.75 bits per heavy atom. The molecule has 2 aromatic carbocycles. The summed E-state index contributed by atoms with van der Waals surface area (Å²) in [6, 6.07) is 13.2. The summed E-state index contributed by atoms with van der Waals surface area (Å²) in [6.45, 7) is 5.95. The van der Waals surface area contributed by atoms with Gasteiger partial charge >= 0.3 is 0 Å². The average molecular weight is 439 g/mol. The molecule has 1 atom stereocenters. The van der Waals surface area contributed by atoms with Gasteiger partial charge in [-0.25, -0.2) is 9.07 Å². The molecule has 0 spiro atoms. The van der Waals surface area contributed by atoms with Gasteiger partial charge in [-0.05, 0) is 46.7 Å². The van der Waals surface area contributed by atoms with Gasteiger partial charge < -0.3 is 4.90 Å². The molecule has 1 fully saturated rings. The lowest BCUT2D eigenvalue weighted by Gasteiger charge is -2.39. The summed E-state index contributed by atoms with van der Waals surface area (Å²) in [7, 11) is 0. The second-order valence-electron chi connectivity index (χ2n) is 7.92. The lowest BCUT2D eigenvalue weighted by Crippen LogP contribution is -2.48. The van der Waals surface area contributed by atoms with Crippen LogP contribution in [0, 0.1) is 15.9 Å². The molecule has 0 N–H and O–H groups in total. The van der Waals surface area contributed by atoms with Gasteiger partial charge in [0.1, 0.15) is 5.82 Å². The second kappa shape index (κ2) is 9.82. The molecular weight excluding hydrogens is 413 g/mol. The first kappa shape index (κ1) is 21.8. The third-order valence-electron chi connectivity index (χ3n) is 5.85. The third-order valence-corrected chi connectivity index (χ3v) is 5.85. The van der Waals surface area contributed by atoms with Crippen LogP contribution >= 0.6 is 0 Å². The molecule has 0 aliphatic carbocycles. The van der Waals surface area contributed by atoms with E-state index in [1.807, 2.05) is 0 Å². The van der Waals surface area contributed by atoms with Crippen LogP contribution in [0.25, 0.3) is 0 Å². The molecule has 0 bridgehead atoms. The molecule has 1 aliphatic rings. The molecule has 2 heterocycles. The van der Waals surface area contributed by atoms with E-state index >= 15 is 0 Å². The van der Waals surface area contributed by atoms with Gasteiger partial charge in [0, 0.05) is 44.0 Å². The van der Waals surface area contributed by atoms with Crippen LogP contribution in [-0.4, -0.2) is 56.2 Å². The van der Waals surface area contributed by atoms with E-state index in [4.69, 9.17) is 0 Å². The highest BCUT2D eigenvalue weighted by Crippen LogP contribution is 2.27. The number of nitro groups is 1. The van der Waals surface area contributed by atoms with Crippen molar-refractivity contribution in [2.75, 3.05) is 31.1 Å². The van der Waals surface area contributed by atoms with Crippen LogP contribution in [0.15, 0.2) is 48.5 Å². The molecule has 1 aliphatic heterocycles. The molecule has 1 saturated heterocycles. The Bertz CT molecular complexity index is 1030. The molecule has 0 amide bonds. The molecule has 32 heavy (non-hydrogen) atoms.